The Bertz CT molecular complexity index is 341. The van der Waals surface area contributed by atoms with E-state index in [1.807, 2.05) is 0 Å². The molecule has 0 radical (unpaired) electrons. The maximum Gasteiger partial charge on any atom is 0.154 e. The van der Waals surface area contributed by atoms with Crippen LogP contribution in [0.3, 0.4) is 0 Å². The van der Waals surface area contributed by atoms with E-state index >= 15 is 0 Å². The summed E-state index contributed by atoms with van der Waals surface area (Å²) >= 11 is 0. The molecule has 1 heterocycles. The number of Topliss-reactive ketones (excluding diaryl/α,β-unsaturated/α-hetero) is 1. The Morgan fingerprint density at radius 1 is 1.40 bits per heavy atom. The Hall–Kier alpha value is -1.22. The van der Waals surface area contributed by atoms with E-state index in [9.17, 15) is 9.18 Å². The Kier molecular flexibility index (Phi) is 3.11. The third kappa shape index (κ3) is 2.63. The Morgan fingerprint density at radius 3 is 2.73 bits per heavy atom. The van der Waals surface area contributed by atoms with Crippen LogP contribution in [-0.4, -0.2) is 18.4 Å². The second kappa shape index (κ2) is 4.53. The molecule has 0 bridgehead atoms. The number of ketones is 1. The molecule has 2 rings (SSSR count). The van der Waals surface area contributed by atoms with E-state index in [0.717, 1.165) is 24.9 Å². The standard InChI is InChI=1S/C12H14FNO/c13-10-5-3-9(4-6-10)8-12(15)11-2-1-7-14-11/h3-6,11,14H,1-2,7-8H2. The van der Waals surface area contributed by atoms with Gasteiger partial charge in [-0.2, -0.15) is 0 Å². The first-order valence-corrected chi connectivity index (χ1v) is 5.26. The summed E-state index contributed by atoms with van der Waals surface area (Å²) in [7, 11) is 0. The molecule has 1 aromatic rings. The minimum Gasteiger partial charge on any atom is -0.307 e. The van der Waals surface area contributed by atoms with Crippen LogP contribution in [0.1, 0.15) is 18.4 Å². The summed E-state index contributed by atoms with van der Waals surface area (Å²) in [5.41, 5.74) is 0.884. The molecule has 1 saturated heterocycles. The van der Waals surface area contributed by atoms with Crippen molar-refractivity contribution in [3.63, 3.8) is 0 Å². The van der Waals surface area contributed by atoms with Gasteiger partial charge in [0.05, 0.1) is 6.04 Å². The van der Waals surface area contributed by atoms with Gasteiger partial charge in [-0.05, 0) is 37.1 Å². The van der Waals surface area contributed by atoms with E-state index in [4.69, 9.17) is 0 Å². The van der Waals surface area contributed by atoms with Crippen molar-refractivity contribution in [2.75, 3.05) is 6.54 Å². The molecule has 1 N–H and O–H groups in total. The highest BCUT2D eigenvalue weighted by Crippen LogP contribution is 2.10. The minimum absolute atomic E-state index is 0.00931. The molecule has 1 unspecified atom stereocenters. The Morgan fingerprint density at radius 2 is 2.13 bits per heavy atom. The summed E-state index contributed by atoms with van der Waals surface area (Å²) in [5.74, 6) is -0.0516. The molecule has 1 aliphatic rings. The third-order valence-electron chi connectivity index (χ3n) is 2.74. The van der Waals surface area contributed by atoms with E-state index in [0.29, 0.717) is 6.42 Å². The fraction of sp³-hybridized carbons (Fsp3) is 0.417. The lowest BCUT2D eigenvalue weighted by Crippen LogP contribution is -2.31. The first kappa shape index (κ1) is 10.3. The first-order valence-electron chi connectivity index (χ1n) is 5.26. The van der Waals surface area contributed by atoms with Crippen LogP contribution in [0.25, 0.3) is 0 Å². The molecule has 3 heteroatoms. The van der Waals surface area contributed by atoms with E-state index < -0.39 is 0 Å². The molecule has 0 saturated carbocycles. The van der Waals surface area contributed by atoms with Crippen LogP contribution in [0.15, 0.2) is 24.3 Å². The average Bonchev–Trinajstić information content (AvgIpc) is 2.74. The summed E-state index contributed by atoms with van der Waals surface area (Å²) in [6.07, 6.45) is 2.40. The van der Waals surface area contributed by atoms with Crippen molar-refractivity contribution in [2.24, 2.45) is 0 Å². The number of nitrogens with one attached hydrogen (secondary N) is 1. The number of carbonyl (C=O) groups is 1. The molecule has 15 heavy (non-hydrogen) atoms. The molecule has 1 aromatic carbocycles. The molecule has 1 atom stereocenters. The largest absolute Gasteiger partial charge is 0.307 e. The fourth-order valence-electron chi connectivity index (χ4n) is 1.89. The van der Waals surface area contributed by atoms with Gasteiger partial charge in [0.25, 0.3) is 0 Å². The summed E-state index contributed by atoms with van der Waals surface area (Å²) in [4.78, 5) is 11.7. The number of halogens is 1. The summed E-state index contributed by atoms with van der Waals surface area (Å²) in [6, 6.07) is 6.13. The highest BCUT2D eigenvalue weighted by atomic mass is 19.1. The smallest absolute Gasteiger partial charge is 0.154 e. The molecule has 0 aromatic heterocycles. The maximum atomic E-state index is 12.6. The number of hydrogen-bond acceptors (Lipinski definition) is 2. The first-order chi connectivity index (χ1) is 7.25. The van der Waals surface area contributed by atoms with Crippen LogP contribution in [-0.2, 0) is 11.2 Å². The molecule has 0 amide bonds. The van der Waals surface area contributed by atoms with Gasteiger partial charge >= 0.3 is 0 Å². The average molecular weight is 207 g/mol. The van der Waals surface area contributed by atoms with Crippen molar-refractivity contribution in [3.05, 3.63) is 35.6 Å². The SMILES string of the molecule is O=C(Cc1ccc(F)cc1)C1CCCN1. The lowest BCUT2D eigenvalue weighted by Gasteiger charge is -2.08. The van der Waals surface area contributed by atoms with Gasteiger partial charge in [-0.1, -0.05) is 12.1 Å². The van der Waals surface area contributed by atoms with E-state index in [1.165, 1.54) is 12.1 Å². The van der Waals surface area contributed by atoms with Crippen molar-refractivity contribution in [1.82, 2.24) is 5.32 Å². The molecular weight excluding hydrogens is 193 g/mol. The van der Waals surface area contributed by atoms with Gasteiger partial charge in [-0.15, -0.1) is 0 Å². The van der Waals surface area contributed by atoms with Crippen molar-refractivity contribution in [3.8, 4) is 0 Å². The van der Waals surface area contributed by atoms with Crippen LogP contribution >= 0.6 is 0 Å². The number of rotatable bonds is 3. The zero-order valence-electron chi connectivity index (χ0n) is 8.50. The third-order valence-corrected chi connectivity index (χ3v) is 2.74. The van der Waals surface area contributed by atoms with Crippen molar-refractivity contribution in [1.29, 1.82) is 0 Å². The molecule has 2 nitrogen and oxygen atoms in total. The Balaban J connectivity index is 1.96. The lowest BCUT2D eigenvalue weighted by atomic mass is 10.0. The van der Waals surface area contributed by atoms with Crippen LogP contribution < -0.4 is 5.32 Å². The van der Waals surface area contributed by atoms with Crippen LogP contribution in [0.4, 0.5) is 4.39 Å². The van der Waals surface area contributed by atoms with Crippen LogP contribution in [0.2, 0.25) is 0 Å². The maximum absolute atomic E-state index is 12.6. The van der Waals surface area contributed by atoms with Gasteiger partial charge in [0.2, 0.25) is 0 Å². The van der Waals surface area contributed by atoms with Crippen molar-refractivity contribution >= 4 is 5.78 Å². The molecule has 1 fully saturated rings. The zero-order chi connectivity index (χ0) is 10.7. The van der Waals surface area contributed by atoms with Gasteiger partial charge in [-0.25, -0.2) is 4.39 Å². The predicted octanol–water partition coefficient (Wildman–Crippen LogP) is 1.69. The van der Waals surface area contributed by atoms with Crippen LogP contribution in [0, 0.1) is 5.82 Å². The Labute approximate surface area is 88.5 Å². The van der Waals surface area contributed by atoms with Gasteiger partial charge in [0.15, 0.2) is 5.78 Å². The predicted molar refractivity (Wildman–Crippen MR) is 56.1 cm³/mol. The number of carbonyl (C=O) groups excluding carboxylic acids is 1. The fourth-order valence-corrected chi connectivity index (χ4v) is 1.89. The van der Waals surface area contributed by atoms with E-state index in [2.05, 4.69) is 5.32 Å². The van der Waals surface area contributed by atoms with Gasteiger partial charge in [0, 0.05) is 6.42 Å². The minimum atomic E-state index is -0.259. The normalized spacial score (nSPS) is 20.5. The van der Waals surface area contributed by atoms with Crippen molar-refractivity contribution < 1.29 is 9.18 Å². The van der Waals surface area contributed by atoms with E-state index in [-0.39, 0.29) is 17.6 Å². The lowest BCUT2D eigenvalue weighted by molar-refractivity contribution is -0.120. The zero-order valence-corrected chi connectivity index (χ0v) is 8.50. The molecule has 1 aliphatic heterocycles. The molecule has 80 valence electrons. The van der Waals surface area contributed by atoms with E-state index in [1.54, 1.807) is 12.1 Å². The van der Waals surface area contributed by atoms with Gasteiger partial charge in [-0.3, -0.25) is 4.79 Å². The second-order valence-corrected chi connectivity index (χ2v) is 3.92. The highest BCUT2D eigenvalue weighted by molar-refractivity contribution is 5.86. The molecular formula is C12H14FNO. The summed E-state index contributed by atoms with van der Waals surface area (Å²) < 4.78 is 12.6. The van der Waals surface area contributed by atoms with Crippen molar-refractivity contribution in [2.45, 2.75) is 25.3 Å². The number of hydrogen-bond donors (Lipinski definition) is 1. The second-order valence-electron chi connectivity index (χ2n) is 3.92. The summed E-state index contributed by atoms with van der Waals surface area (Å²) in [5, 5.41) is 3.16. The molecule has 0 spiro atoms. The van der Waals surface area contributed by atoms with Crippen LogP contribution in [0.5, 0.6) is 0 Å². The monoisotopic (exact) mass is 207 g/mol. The van der Waals surface area contributed by atoms with Gasteiger partial charge in [0.1, 0.15) is 5.82 Å². The number of benzene rings is 1. The highest BCUT2D eigenvalue weighted by Gasteiger charge is 2.21. The quantitative estimate of drug-likeness (QED) is 0.817. The topological polar surface area (TPSA) is 29.1 Å². The molecule has 0 aliphatic carbocycles. The summed E-state index contributed by atoms with van der Waals surface area (Å²) in [6.45, 7) is 0.930. The van der Waals surface area contributed by atoms with Gasteiger partial charge < -0.3 is 5.32 Å².